The number of nitrogens with one attached hydrogen (secondary N) is 1. The molecule has 0 amide bonds. The average molecular weight is 221 g/mol. The van der Waals surface area contributed by atoms with Gasteiger partial charge in [0.15, 0.2) is 0 Å². The minimum atomic E-state index is -0.150. The third-order valence-corrected chi connectivity index (χ3v) is 2.83. The number of benzene rings is 1. The van der Waals surface area contributed by atoms with Crippen LogP contribution in [0.15, 0.2) is 12.1 Å². The third-order valence-electron chi connectivity index (χ3n) is 2.83. The maximum Gasteiger partial charge on any atom is 0.147 e. The Morgan fingerprint density at radius 3 is 2.25 bits per heavy atom. The van der Waals surface area contributed by atoms with Crippen molar-refractivity contribution in [3.8, 4) is 5.75 Å². The van der Waals surface area contributed by atoms with Crippen molar-refractivity contribution in [3.05, 3.63) is 28.8 Å². The fourth-order valence-corrected chi connectivity index (χ4v) is 1.85. The van der Waals surface area contributed by atoms with E-state index in [4.69, 9.17) is 0 Å². The first kappa shape index (κ1) is 12.7. The number of likely N-dealkylation sites (N-methyl/N-ethyl adjacent to an activating group) is 1. The highest BCUT2D eigenvalue weighted by molar-refractivity contribution is 5.81. The molecule has 0 spiro atoms. The van der Waals surface area contributed by atoms with Gasteiger partial charge in [-0.25, -0.2) is 0 Å². The number of phenols is 1. The van der Waals surface area contributed by atoms with Crippen molar-refractivity contribution < 1.29 is 9.90 Å². The molecule has 0 saturated heterocycles. The molecular weight excluding hydrogens is 202 g/mol. The predicted molar refractivity (Wildman–Crippen MR) is 64.8 cm³/mol. The van der Waals surface area contributed by atoms with Gasteiger partial charge in [-0.2, -0.15) is 0 Å². The van der Waals surface area contributed by atoms with Gasteiger partial charge in [0, 0.05) is 0 Å². The number of ketones is 1. The van der Waals surface area contributed by atoms with Crippen molar-refractivity contribution in [2.24, 2.45) is 0 Å². The van der Waals surface area contributed by atoms with Crippen LogP contribution in [0, 0.1) is 13.8 Å². The highest BCUT2D eigenvalue weighted by atomic mass is 16.3. The second kappa shape index (κ2) is 5.12. The molecule has 0 aromatic heterocycles. The number of hydrogen-bond donors (Lipinski definition) is 2. The summed E-state index contributed by atoms with van der Waals surface area (Å²) in [4.78, 5) is 11.3. The van der Waals surface area contributed by atoms with Crippen LogP contribution in [0.1, 0.15) is 23.6 Å². The average Bonchev–Trinajstić information content (AvgIpc) is 2.21. The van der Waals surface area contributed by atoms with Gasteiger partial charge in [-0.15, -0.1) is 0 Å². The lowest BCUT2D eigenvalue weighted by Gasteiger charge is -2.14. The van der Waals surface area contributed by atoms with Gasteiger partial charge in [0.2, 0.25) is 0 Å². The summed E-state index contributed by atoms with van der Waals surface area (Å²) in [5.74, 6) is 0.471. The normalized spacial score (nSPS) is 12.5. The van der Waals surface area contributed by atoms with Crippen LogP contribution in [0.2, 0.25) is 0 Å². The first-order valence-corrected chi connectivity index (χ1v) is 5.42. The third kappa shape index (κ3) is 2.83. The van der Waals surface area contributed by atoms with Crippen molar-refractivity contribution in [2.45, 2.75) is 33.2 Å². The van der Waals surface area contributed by atoms with Gasteiger partial charge in [0.25, 0.3) is 0 Å². The Balaban J connectivity index is 2.93. The molecule has 0 saturated carbocycles. The second-order valence-corrected chi connectivity index (χ2v) is 4.23. The summed E-state index contributed by atoms with van der Waals surface area (Å²) in [6, 6.07) is 3.70. The quantitative estimate of drug-likeness (QED) is 0.814. The molecule has 0 radical (unpaired) electrons. The van der Waals surface area contributed by atoms with Gasteiger partial charge >= 0.3 is 0 Å². The number of hydrogen-bond acceptors (Lipinski definition) is 3. The molecule has 2 N–H and O–H groups in total. The number of phenolic OH excluding ortho intramolecular Hbond substituents is 1. The first-order valence-electron chi connectivity index (χ1n) is 5.42. The number of carbonyl (C=O) groups excluding carboxylic acids is 1. The van der Waals surface area contributed by atoms with Crippen molar-refractivity contribution in [2.75, 3.05) is 7.05 Å². The summed E-state index contributed by atoms with van der Waals surface area (Å²) in [5.41, 5.74) is 2.78. The van der Waals surface area contributed by atoms with Gasteiger partial charge < -0.3 is 10.4 Å². The van der Waals surface area contributed by atoms with Gasteiger partial charge in [-0.1, -0.05) is 12.1 Å². The lowest BCUT2D eigenvalue weighted by molar-refractivity contribution is -0.118. The van der Waals surface area contributed by atoms with E-state index in [1.807, 2.05) is 26.0 Å². The molecule has 0 heterocycles. The molecule has 0 aliphatic rings. The summed E-state index contributed by atoms with van der Waals surface area (Å²) in [5, 5.41) is 12.6. The minimum absolute atomic E-state index is 0.130. The van der Waals surface area contributed by atoms with E-state index in [1.54, 1.807) is 14.0 Å². The van der Waals surface area contributed by atoms with Crippen LogP contribution in [0.5, 0.6) is 5.75 Å². The van der Waals surface area contributed by atoms with E-state index < -0.39 is 0 Å². The first-order chi connectivity index (χ1) is 7.45. The molecule has 0 fully saturated rings. The van der Waals surface area contributed by atoms with Gasteiger partial charge in [0.1, 0.15) is 11.5 Å². The minimum Gasteiger partial charge on any atom is -0.507 e. The van der Waals surface area contributed by atoms with Crippen molar-refractivity contribution in [3.63, 3.8) is 0 Å². The molecule has 3 heteroatoms. The summed E-state index contributed by atoms with van der Waals surface area (Å²) >= 11 is 0. The van der Waals surface area contributed by atoms with Crippen LogP contribution in [0.3, 0.4) is 0 Å². The van der Waals surface area contributed by atoms with E-state index in [-0.39, 0.29) is 11.8 Å². The van der Waals surface area contributed by atoms with Gasteiger partial charge in [-0.05, 0) is 50.9 Å². The zero-order chi connectivity index (χ0) is 12.3. The number of Topliss-reactive ketones (excluding diaryl/α,β-unsaturated/α-hetero) is 1. The van der Waals surface area contributed by atoms with Crippen LogP contribution in [-0.2, 0) is 11.2 Å². The predicted octanol–water partition coefficient (Wildman–Crippen LogP) is 1.73. The Hall–Kier alpha value is -1.35. The van der Waals surface area contributed by atoms with E-state index in [0.717, 1.165) is 16.7 Å². The zero-order valence-corrected chi connectivity index (χ0v) is 10.3. The fourth-order valence-electron chi connectivity index (χ4n) is 1.85. The molecule has 1 unspecified atom stereocenters. The molecule has 0 aliphatic carbocycles. The molecule has 3 nitrogen and oxygen atoms in total. The fraction of sp³-hybridized carbons (Fsp3) is 0.462. The van der Waals surface area contributed by atoms with Crippen molar-refractivity contribution in [1.29, 1.82) is 0 Å². The van der Waals surface area contributed by atoms with Crippen molar-refractivity contribution in [1.82, 2.24) is 5.32 Å². The second-order valence-electron chi connectivity index (χ2n) is 4.23. The SMILES string of the molecule is CNC(Cc1cc(C)c(O)c(C)c1)C(C)=O. The van der Waals surface area contributed by atoms with E-state index in [0.29, 0.717) is 12.2 Å². The molecule has 1 rings (SSSR count). The number of rotatable bonds is 4. The van der Waals surface area contributed by atoms with E-state index in [9.17, 15) is 9.90 Å². The summed E-state index contributed by atoms with van der Waals surface area (Å²) in [6.45, 7) is 5.32. The summed E-state index contributed by atoms with van der Waals surface area (Å²) < 4.78 is 0. The standard InChI is InChI=1S/C13H19NO2/c1-8-5-11(6-9(2)13(8)16)7-12(14-4)10(3)15/h5-6,12,14,16H,7H2,1-4H3. The number of aryl methyl sites for hydroxylation is 2. The molecule has 16 heavy (non-hydrogen) atoms. The Morgan fingerprint density at radius 2 is 1.88 bits per heavy atom. The van der Waals surface area contributed by atoms with E-state index in [2.05, 4.69) is 5.32 Å². The monoisotopic (exact) mass is 221 g/mol. The Labute approximate surface area is 96.5 Å². The topological polar surface area (TPSA) is 49.3 Å². The summed E-state index contributed by atoms with van der Waals surface area (Å²) in [7, 11) is 1.78. The Kier molecular flexibility index (Phi) is 4.07. The lowest BCUT2D eigenvalue weighted by Crippen LogP contribution is -2.34. The van der Waals surface area contributed by atoms with E-state index >= 15 is 0 Å². The van der Waals surface area contributed by atoms with Crippen LogP contribution < -0.4 is 5.32 Å². The Bertz CT molecular complexity index is 376. The number of aromatic hydroxyl groups is 1. The summed E-state index contributed by atoms with van der Waals surface area (Å²) in [6.07, 6.45) is 0.661. The van der Waals surface area contributed by atoms with Crippen molar-refractivity contribution >= 4 is 5.78 Å². The highest BCUT2D eigenvalue weighted by Gasteiger charge is 2.13. The molecule has 1 aromatic carbocycles. The lowest BCUT2D eigenvalue weighted by atomic mass is 9.99. The molecule has 88 valence electrons. The van der Waals surface area contributed by atoms with Crippen LogP contribution in [-0.4, -0.2) is 24.0 Å². The molecule has 1 aromatic rings. The maximum atomic E-state index is 11.3. The Morgan fingerprint density at radius 1 is 1.38 bits per heavy atom. The van der Waals surface area contributed by atoms with Crippen LogP contribution in [0.4, 0.5) is 0 Å². The highest BCUT2D eigenvalue weighted by Crippen LogP contribution is 2.23. The molecular formula is C13H19NO2. The molecule has 0 aliphatic heterocycles. The van der Waals surface area contributed by atoms with Crippen LogP contribution in [0.25, 0.3) is 0 Å². The van der Waals surface area contributed by atoms with Gasteiger partial charge in [-0.3, -0.25) is 4.79 Å². The largest absolute Gasteiger partial charge is 0.507 e. The number of carbonyl (C=O) groups is 1. The van der Waals surface area contributed by atoms with Gasteiger partial charge in [0.05, 0.1) is 6.04 Å². The molecule has 0 bridgehead atoms. The smallest absolute Gasteiger partial charge is 0.147 e. The zero-order valence-electron chi connectivity index (χ0n) is 10.3. The van der Waals surface area contributed by atoms with Crippen LogP contribution >= 0.6 is 0 Å². The van der Waals surface area contributed by atoms with E-state index in [1.165, 1.54) is 0 Å². The molecule has 1 atom stereocenters. The maximum absolute atomic E-state index is 11.3.